The van der Waals surface area contributed by atoms with Gasteiger partial charge in [-0.1, -0.05) is 6.08 Å². The summed E-state index contributed by atoms with van der Waals surface area (Å²) in [5.41, 5.74) is 6.91. The molecule has 1 unspecified atom stereocenters. The molecular formula is C8H9NO. The summed E-state index contributed by atoms with van der Waals surface area (Å²) >= 11 is 0. The topological polar surface area (TPSA) is 39.2 Å². The van der Waals surface area contributed by atoms with E-state index < -0.39 is 0 Å². The number of fused-ring (bicyclic) bond motifs is 1. The maximum absolute atomic E-state index is 5.78. The lowest BCUT2D eigenvalue weighted by atomic mass is 10.0. The van der Waals surface area contributed by atoms with Crippen molar-refractivity contribution < 1.29 is 4.42 Å². The Morgan fingerprint density at radius 3 is 3.30 bits per heavy atom. The SMILES string of the molecule is NC1CC=Cc2occc21. The Labute approximate surface area is 59.3 Å². The van der Waals surface area contributed by atoms with Crippen LogP contribution in [0.1, 0.15) is 23.8 Å². The van der Waals surface area contributed by atoms with Crippen LogP contribution in [0.25, 0.3) is 6.08 Å². The number of hydrogen-bond acceptors (Lipinski definition) is 2. The largest absolute Gasteiger partial charge is 0.465 e. The maximum atomic E-state index is 5.78. The quantitative estimate of drug-likeness (QED) is 0.588. The number of furan rings is 1. The van der Waals surface area contributed by atoms with Crippen LogP contribution in [-0.4, -0.2) is 0 Å². The molecule has 0 amide bonds. The van der Waals surface area contributed by atoms with Gasteiger partial charge < -0.3 is 10.2 Å². The molecule has 1 aliphatic rings. The lowest BCUT2D eigenvalue weighted by molar-refractivity contribution is 0.544. The van der Waals surface area contributed by atoms with Gasteiger partial charge in [0.05, 0.1) is 6.26 Å². The molecule has 0 saturated heterocycles. The highest BCUT2D eigenvalue weighted by Gasteiger charge is 2.14. The third kappa shape index (κ3) is 0.693. The van der Waals surface area contributed by atoms with Gasteiger partial charge in [0.15, 0.2) is 0 Å². The zero-order valence-corrected chi connectivity index (χ0v) is 5.58. The van der Waals surface area contributed by atoms with Crippen molar-refractivity contribution in [1.29, 1.82) is 0 Å². The molecule has 0 aromatic carbocycles. The van der Waals surface area contributed by atoms with E-state index in [4.69, 9.17) is 10.2 Å². The normalized spacial score (nSPS) is 22.7. The average Bonchev–Trinajstić information content (AvgIpc) is 2.36. The van der Waals surface area contributed by atoms with Gasteiger partial charge in [-0.15, -0.1) is 0 Å². The molecule has 0 fully saturated rings. The summed E-state index contributed by atoms with van der Waals surface area (Å²) in [6.07, 6.45) is 6.61. The van der Waals surface area contributed by atoms with Crippen LogP contribution in [0.15, 0.2) is 22.8 Å². The zero-order valence-electron chi connectivity index (χ0n) is 5.58. The molecule has 1 aromatic rings. The van der Waals surface area contributed by atoms with Crippen molar-refractivity contribution in [2.45, 2.75) is 12.5 Å². The molecule has 1 atom stereocenters. The Kier molecular flexibility index (Phi) is 1.14. The Balaban J connectivity index is 2.52. The van der Waals surface area contributed by atoms with Crippen LogP contribution in [0.4, 0.5) is 0 Å². The van der Waals surface area contributed by atoms with E-state index in [-0.39, 0.29) is 6.04 Å². The van der Waals surface area contributed by atoms with Gasteiger partial charge in [0.1, 0.15) is 5.76 Å². The van der Waals surface area contributed by atoms with E-state index in [1.807, 2.05) is 18.2 Å². The number of rotatable bonds is 0. The van der Waals surface area contributed by atoms with Gasteiger partial charge in [-0.2, -0.15) is 0 Å². The van der Waals surface area contributed by atoms with Crippen molar-refractivity contribution >= 4 is 6.08 Å². The average molecular weight is 135 g/mol. The van der Waals surface area contributed by atoms with E-state index in [9.17, 15) is 0 Å². The van der Waals surface area contributed by atoms with Gasteiger partial charge in [0, 0.05) is 11.6 Å². The van der Waals surface area contributed by atoms with Crippen molar-refractivity contribution in [2.75, 3.05) is 0 Å². The van der Waals surface area contributed by atoms with Gasteiger partial charge in [0.2, 0.25) is 0 Å². The van der Waals surface area contributed by atoms with Gasteiger partial charge >= 0.3 is 0 Å². The second-order valence-electron chi connectivity index (χ2n) is 2.48. The molecule has 1 aromatic heterocycles. The smallest absolute Gasteiger partial charge is 0.131 e. The number of hydrogen-bond donors (Lipinski definition) is 1. The van der Waals surface area contributed by atoms with Crippen LogP contribution in [0, 0.1) is 0 Å². The second-order valence-corrected chi connectivity index (χ2v) is 2.48. The van der Waals surface area contributed by atoms with Gasteiger partial charge in [-0.05, 0) is 18.6 Å². The number of nitrogens with two attached hydrogens (primary N) is 1. The van der Waals surface area contributed by atoms with Gasteiger partial charge in [-0.25, -0.2) is 0 Å². The molecule has 2 N–H and O–H groups in total. The summed E-state index contributed by atoms with van der Waals surface area (Å²) in [4.78, 5) is 0. The lowest BCUT2D eigenvalue weighted by Crippen LogP contribution is -2.11. The van der Waals surface area contributed by atoms with E-state index >= 15 is 0 Å². The predicted octanol–water partition coefficient (Wildman–Crippen LogP) is 1.70. The van der Waals surface area contributed by atoms with E-state index in [1.165, 1.54) is 0 Å². The molecule has 10 heavy (non-hydrogen) atoms. The van der Waals surface area contributed by atoms with E-state index in [2.05, 4.69) is 0 Å². The first-order chi connectivity index (χ1) is 4.88. The minimum Gasteiger partial charge on any atom is -0.465 e. The van der Waals surface area contributed by atoms with Crippen molar-refractivity contribution in [3.8, 4) is 0 Å². The molecule has 2 rings (SSSR count). The molecular weight excluding hydrogens is 126 g/mol. The zero-order chi connectivity index (χ0) is 6.97. The minimum atomic E-state index is 0.138. The predicted molar refractivity (Wildman–Crippen MR) is 39.3 cm³/mol. The first-order valence-electron chi connectivity index (χ1n) is 3.37. The third-order valence-corrected chi connectivity index (χ3v) is 1.79. The van der Waals surface area contributed by atoms with E-state index in [0.29, 0.717) is 0 Å². The highest BCUT2D eigenvalue weighted by atomic mass is 16.3. The molecule has 0 aliphatic heterocycles. The highest BCUT2D eigenvalue weighted by molar-refractivity contribution is 5.51. The summed E-state index contributed by atoms with van der Waals surface area (Å²) in [6.45, 7) is 0. The van der Waals surface area contributed by atoms with E-state index in [0.717, 1.165) is 17.7 Å². The van der Waals surface area contributed by atoms with Crippen LogP contribution in [0.5, 0.6) is 0 Å². The fourth-order valence-corrected chi connectivity index (χ4v) is 1.22. The Bertz CT molecular complexity index is 262. The van der Waals surface area contributed by atoms with Crippen molar-refractivity contribution in [3.05, 3.63) is 29.7 Å². The molecule has 0 bridgehead atoms. The summed E-state index contributed by atoms with van der Waals surface area (Å²) in [5.74, 6) is 0.916. The van der Waals surface area contributed by atoms with Crippen LogP contribution < -0.4 is 5.73 Å². The highest BCUT2D eigenvalue weighted by Crippen LogP contribution is 2.25. The Morgan fingerprint density at radius 1 is 1.60 bits per heavy atom. The van der Waals surface area contributed by atoms with Crippen molar-refractivity contribution in [3.63, 3.8) is 0 Å². The third-order valence-electron chi connectivity index (χ3n) is 1.79. The molecule has 1 heterocycles. The van der Waals surface area contributed by atoms with Gasteiger partial charge in [0.25, 0.3) is 0 Å². The van der Waals surface area contributed by atoms with Gasteiger partial charge in [-0.3, -0.25) is 0 Å². The summed E-state index contributed by atoms with van der Waals surface area (Å²) in [5, 5.41) is 0. The summed E-state index contributed by atoms with van der Waals surface area (Å²) < 4.78 is 5.16. The van der Waals surface area contributed by atoms with Crippen LogP contribution in [0.3, 0.4) is 0 Å². The molecule has 52 valence electrons. The Hall–Kier alpha value is -1.02. The second kappa shape index (κ2) is 1.99. The maximum Gasteiger partial charge on any atom is 0.131 e. The standard InChI is InChI=1S/C8H9NO/c9-7-2-1-3-8-6(7)4-5-10-8/h1,3-5,7H,2,9H2. The molecule has 0 saturated carbocycles. The fourth-order valence-electron chi connectivity index (χ4n) is 1.22. The first-order valence-corrected chi connectivity index (χ1v) is 3.37. The lowest BCUT2D eigenvalue weighted by Gasteiger charge is -2.10. The van der Waals surface area contributed by atoms with Crippen LogP contribution >= 0.6 is 0 Å². The molecule has 1 aliphatic carbocycles. The van der Waals surface area contributed by atoms with Crippen LogP contribution in [-0.2, 0) is 0 Å². The van der Waals surface area contributed by atoms with Crippen molar-refractivity contribution in [1.82, 2.24) is 0 Å². The summed E-state index contributed by atoms with van der Waals surface area (Å²) in [7, 11) is 0. The minimum absolute atomic E-state index is 0.138. The van der Waals surface area contributed by atoms with Crippen LogP contribution in [0.2, 0.25) is 0 Å². The molecule has 2 heteroatoms. The molecule has 0 radical (unpaired) electrons. The fraction of sp³-hybridized carbons (Fsp3) is 0.250. The Morgan fingerprint density at radius 2 is 2.50 bits per heavy atom. The van der Waals surface area contributed by atoms with Crippen molar-refractivity contribution in [2.24, 2.45) is 5.73 Å². The molecule has 0 spiro atoms. The first kappa shape index (κ1) is 5.74. The summed E-state index contributed by atoms with van der Waals surface area (Å²) in [6, 6.07) is 2.07. The molecule has 2 nitrogen and oxygen atoms in total. The monoisotopic (exact) mass is 135 g/mol. The van der Waals surface area contributed by atoms with E-state index in [1.54, 1.807) is 6.26 Å².